The van der Waals surface area contributed by atoms with Crippen molar-refractivity contribution >= 4 is 38.4 Å². The highest BCUT2D eigenvalue weighted by Crippen LogP contribution is 2.33. The predicted octanol–water partition coefficient (Wildman–Crippen LogP) is 4.36. The van der Waals surface area contributed by atoms with Crippen molar-refractivity contribution in [2.24, 2.45) is 0 Å². The number of aryl methyl sites for hydroxylation is 1. The molecule has 0 atom stereocenters. The molecule has 1 aromatic carbocycles. The Kier molecular flexibility index (Phi) is 3.36. The third-order valence-corrected chi connectivity index (χ3v) is 3.91. The number of benzene rings is 1. The van der Waals surface area contributed by atoms with Crippen molar-refractivity contribution in [2.75, 3.05) is 6.61 Å². The Balaban J connectivity index is 2.68. The minimum absolute atomic E-state index is 0.642. The second-order valence-corrected chi connectivity index (χ2v) is 4.61. The van der Waals surface area contributed by atoms with Gasteiger partial charge in [-0.05, 0) is 48.0 Å². The van der Waals surface area contributed by atoms with E-state index < -0.39 is 0 Å². The monoisotopic (exact) mass is 299 g/mol. The maximum atomic E-state index is 6.26. The Bertz CT molecular complexity index is 542. The van der Waals surface area contributed by atoms with Crippen molar-refractivity contribution in [1.29, 1.82) is 0 Å². The van der Waals surface area contributed by atoms with Crippen LogP contribution in [0.1, 0.15) is 12.6 Å². The first-order valence-electron chi connectivity index (χ1n) is 5.01. The van der Waals surface area contributed by atoms with Crippen molar-refractivity contribution in [3.05, 3.63) is 33.4 Å². The third-order valence-electron chi connectivity index (χ3n) is 2.31. The molecule has 0 aliphatic heterocycles. The van der Waals surface area contributed by atoms with E-state index in [1.807, 2.05) is 32.0 Å². The van der Waals surface area contributed by atoms with Crippen LogP contribution in [-0.4, -0.2) is 11.6 Å². The van der Waals surface area contributed by atoms with Crippen LogP contribution >= 0.6 is 27.5 Å². The average Bonchev–Trinajstić information content (AvgIpc) is 2.28. The average molecular weight is 301 g/mol. The molecule has 84 valence electrons. The minimum atomic E-state index is 0.642. The normalized spacial score (nSPS) is 10.8. The maximum Gasteiger partial charge on any atom is 0.120 e. The van der Waals surface area contributed by atoms with Crippen LogP contribution in [0, 0.1) is 6.92 Å². The standard InChI is InChI=1S/C12H11BrClNO/c1-3-16-8-4-5-10-9(6-8)12(14)11(13)7(2)15-10/h4-6H,3H2,1-2H3. The Morgan fingerprint density at radius 3 is 2.88 bits per heavy atom. The van der Waals surface area contributed by atoms with Crippen LogP contribution in [0.15, 0.2) is 22.7 Å². The van der Waals surface area contributed by atoms with Gasteiger partial charge in [0.2, 0.25) is 0 Å². The van der Waals surface area contributed by atoms with Gasteiger partial charge in [0.25, 0.3) is 0 Å². The van der Waals surface area contributed by atoms with Gasteiger partial charge in [-0.3, -0.25) is 4.98 Å². The van der Waals surface area contributed by atoms with Gasteiger partial charge in [-0.1, -0.05) is 11.6 Å². The van der Waals surface area contributed by atoms with Gasteiger partial charge in [0, 0.05) is 5.39 Å². The van der Waals surface area contributed by atoms with Crippen molar-refractivity contribution in [3.63, 3.8) is 0 Å². The molecule has 0 saturated heterocycles. The minimum Gasteiger partial charge on any atom is -0.494 e. The first-order valence-corrected chi connectivity index (χ1v) is 6.18. The zero-order valence-electron chi connectivity index (χ0n) is 9.05. The highest BCUT2D eigenvalue weighted by atomic mass is 79.9. The molecule has 16 heavy (non-hydrogen) atoms. The van der Waals surface area contributed by atoms with E-state index in [0.717, 1.165) is 26.8 Å². The lowest BCUT2D eigenvalue weighted by Gasteiger charge is -2.08. The summed E-state index contributed by atoms with van der Waals surface area (Å²) in [5.74, 6) is 0.814. The quantitative estimate of drug-likeness (QED) is 0.822. The largest absolute Gasteiger partial charge is 0.494 e. The lowest BCUT2D eigenvalue weighted by atomic mass is 10.2. The highest BCUT2D eigenvalue weighted by molar-refractivity contribution is 9.10. The number of fused-ring (bicyclic) bond motifs is 1. The Morgan fingerprint density at radius 1 is 1.44 bits per heavy atom. The van der Waals surface area contributed by atoms with Crippen molar-refractivity contribution in [1.82, 2.24) is 4.98 Å². The summed E-state index contributed by atoms with van der Waals surface area (Å²) < 4.78 is 6.28. The molecule has 1 aromatic heterocycles. The van der Waals surface area contributed by atoms with Crippen LogP contribution in [0.5, 0.6) is 5.75 Å². The van der Waals surface area contributed by atoms with Gasteiger partial charge in [0.05, 0.1) is 27.3 Å². The summed E-state index contributed by atoms with van der Waals surface area (Å²) in [5.41, 5.74) is 1.77. The zero-order valence-corrected chi connectivity index (χ0v) is 11.4. The molecule has 0 aliphatic carbocycles. The Labute approximate surface area is 108 Å². The molecule has 0 radical (unpaired) electrons. The summed E-state index contributed by atoms with van der Waals surface area (Å²) in [4.78, 5) is 4.45. The number of ether oxygens (including phenoxy) is 1. The van der Waals surface area contributed by atoms with E-state index in [-0.39, 0.29) is 0 Å². The molecule has 2 aromatic rings. The number of pyridine rings is 1. The molecule has 0 spiro atoms. The van der Waals surface area contributed by atoms with Gasteiger partial charge in [-0.25, -0.2) is 0 Å². The van der Waals surface area contributed by atoms with Crippen molar-refractivity contribution < 1.29 is 4.74 Å². The van der Waals surface area contributed by atoms with Gasteiger partial charge in [0.15, 0.2) is 0 Å². The fraction of sp³-hybridized carbons (Fsp3) is 0.250. The summed E-state index contributed by atoms with van der Waals surface area (Å²) in [6.45, 7) is 4.52. The van der Waals surface area contributed by atoms with Crippen LogP contribution in [0.2, 0.25) is 5.02 Å². The van der Waals surface area contributed by atoms with E-state index in [1.165, 1.54) is 0 Å². The van der Waals surface area contributed by atoms with E-state index in [4.69, 9.17) is 16.3 Å². The summed E-state index contributed by atoms with van der Waals surface area (Å²) >= 11 is 9.69. The van der Waals surface area contributed by atoms with Gasteiger partial charge in [-0.2, -0.15) is 0 Å². The molecule has 0 unspecified atom stereocenters. The lowest BCUT2D eigenvalue weighted by Crippen LogP contribution is -1.93. The smallest absolute Gasteiger partial charge is 0.120 e. The van der Waals surface area contributed by atoms with Gasteiger partial charge >= 0.3 is 0 Å². The van der Waals surface area contributed by atoms with Gasteiger partial charge < -0.3 is 4.74 Å². The predicted molar refractivity (Wildman–Crippen MR) is 70.4 cm³/mol. The molecule has 4 heteroatoms. The molecule has 0 amide bonds. The van der Waals surface area contributed by atoms with Crippen LogP contribution < -0.4 is 4.74 Å². The molecule has 0 N–H and O–H groups in total. The summed E-state index contributed by atoms with van der Waals surface area (Å²) in [6.07, 6.45) is 0. The van der Waals surface area contributed by atoms with E-state index in [1.54, 1.807) is 0 Å². The molecular formula is C12H11BrClNO. The number of aromatic nitrogens is 1. The van der Waals surface area contributed by atoms with Gasteiger partial charge in [-0.15, -0.1) is 0 Å². The SMILES string of the molecule is CCOc1ccc2nc(C)c(Br)c(Cl)c2c1. The van der Waals surface area contributed by atoms with E-state index in [2.05, 4.69) is 20.9 Å². The van der Waals surface area contributed by atoms with Crippen LogP contribution in [0.3, 0.4) is 0 Å². The molecule has 2 nitrogen and oxygen atoms in total. The van der Waals surface area contributed by atoms with Crippen LogP contribution in [0.25, 0.3) is 10.9 Å². The summed E-state index contributed by atoms with van der Waals surface area (Å²) in [6, 6.07) is 5.74. The van der Waals surface area contributed by atoms with E-state index >= 15 is 0 Å². The summed E-state index contributed by atoms with van der Waals surface area (Å²) in [7, 11) is 0. The number of hydrogen-bond acceptors (Lipinski definition) is 2. The molecule has 0 fully saturated rings. The van der Waals surface area contributed by atoms with Crippen molar-refractivity contribution in [2.45, 2.75) is 13.8 Å². The van der Waals surface area contributed by atoms with E-state index in [0.29, 0.717) is 11.6 Å². The maximum absolute atomic E-state index is 6.26. The molecule has 0 aliphatic rings. The highest BCUT2D eigenvalue weighted by Gasteiger charge is 2.09. The fourth-order valence-electron chi connectivity index (χ4n) is 1.55. The number of halogens is 2. The number of hydrogen-bond donors (Lipinski definition) is 0. The Morgan fingerprint density at radius 2 is 2.19 bits per heavy atom. The van der Waals surface area contributed by atoms with E-state index in [9.17, 15) is 0 Å². The number of nitrogens with zero attached hydrogens (tertiary/aromatic N) is 1. The molecule has 1 heterocycles. The zero-order chi connectivity index (χ0) is 11.7. The van der Waals surface area contributed by atoms with Crippen LogP contribution in [-0.2, 0) is 0 Å². The summed E-state index contributed by atoms with van der Waals surface area (Å²) in [5, 5.41) is 1.59. The second-order valence-electron chi connectivity index (χ2n) is 3.44. The fourth-order valence-corrected chi connectivity index (χ4v) is 2.14. The van der Waals surface area contributed by atoms with Crippen molar-refractivity contribution in [3.8, 4) is 5.75 Å². The van der Waals surface area contributed by atoms with Crippen LogP contribution in [0.4, 0.5) is 0 Å². The molecule has 0 bridgehead atoms. The molecular weight excluding hydrogens is 289 g/mol. The Hall–Kier alpha value is -0.800. The second kappa shape index (κ2) is 4.60. The first kappa shape index (κ1) is 11.7. The first-order chi connectivity index (χ1) is 7.63. The topological polar surface area (TPSA) is 22.1 Å². The third kappa shape index (κ3) is 2.02. The molecule has 2 rings (SSSR count). The molecule has 0 saturated carbocycles. The number of rotatable bonds is 2. The lowest BCUT2D eigenvalue weighted by molar-refractivity contribution is 0.340. The van der Waals surface area contributed by atoms with Gasteiger partial charge in [0.1, 0.15) is 5.75 Å².